The molecule has 2 aromatic heterocycles. The topological polar surface area (TPSA) is 88.3 Å². The molecule has 0 amide bonds. The van der Waals surface area contributed by atoms with E-state index in [1.165, 1.54) is 23.6 Å². The number of anilines is 1. The van der Waals surface area contributed by atoms with Crippen LogP contribution in [0.1, 0.15) is 11.7 Å². The summed E-state index contributed by atoms with van der Waals surface area (Å²) in [6.07, 6.45) is 0.739. The molecular formula is C11H10BrN3O3S. The number of aliphatic hydroxyl groups is 1. The fourth-order valence-corrected chi connectivity index (χ4v) is 2.51. The van der Waals surface area contributed by atoms with Crippen molar-refractivity contribution in [3.63, 3.8) is 0 Å². The summed E-state index contributed by atoms with van der Waals surface area (Å²) in [5, 5.41) is 27.3. The Labute approximate surface area is 121 Å². The number of hydrogen-bond acceptors (Lipinski definition) is 6. The molecule has 0 saturated heterocycles. The number of thiophene rings is 1. The highest BCUT2D eigenvalue weighted by Gasteiger charge is 2.17. The molecule has 6 nitrogen and oxygen atoms in total. The lowest BCUT2D eigenvalue weighted by Crippen LogP contribution is -2.13. The SMILES string of the molecule is O=[N+]([O-])c1cc(Br)cnc1NCC(O)c1ccsc1. The summed E-state index contributed by atoms with van der Waals surface area (Å²) in [6, 6.07) is 3.17. The van der Waals surface area contributed by atoms with Crippen molar-refractivity contribution in [2.24, 2.45) is 0 Å². The first kappa shape index (κ1) is 13.9. The number of aliphatic hydroxyl groups excluding tert-OH is 1. The number of hydrogen-bond donors (Lipinski definition) is 2. The van der Waals surface area contributed by atoms with Crippen LogP contribution in [0.3, 0.4) is 0 Å². The zero-order valence-electron chi connectivity index (χ0n) is 9.62. The minimum absolute atomic E-state index is 0.133. The van der Waals surface area contributed by atoms with Gasteiger partial charge < -0.3 is 10.4 Å². The average molecular weight is 344 g/mol. The van der Waals surface area contributed by atoms with Crippen LogP contribution in [0.2, 0.25) is 0 Å². The van der Waals surface area contributed by atoms with Gasteiger partial charge in [0.1, 0.15) is 0 Å². The molecule has 1 unspecified atom stereocenters. The summed E-state index contributed by atoms with van der Waals surface area (Å²) in [4.78, 5) is 14.3. The number of nitro groups is 1. The van der Waals surface area contributed by atoms with Crippen molar-refractivity contribution in [2.45, 2.75) is 6.10 Å². The van der Waals surface area contributed by atoms with Crippen molar-refractivity contribution in [1.82, 2.24) is 4.98 Å². The maximum Gasteiger partial charge on any atom is 0.312 e. The maximum atomic E-state index is 10.9. The zero-order valence-corrected chi connectivity index (χ0v) is 12.0. The van der Waals surface area contributed by atoms with E-state index in [0.717, 1.165) is 5.56 Å². The molecule has 0 aliphatic rings. The molecular weight excluding hydrogens is 334 g/mol. The molecule has 0 spiro atoms. The summed E-state index contributed by atoms with van der Waals surface area (Å²) in [5.74, 6) is 0.141. The van der Waals surface area contributed by atoms with Gasteiger partial charge in [-0.2, -0.15) is 11.3 Å². The first-order valence-corrected chi connectivity index (χ1v) is 7.05. The Morgan fingerprint density at radius 3 is 3.05 bits per heavy atom. The quantitative estimate of drug-likeness (QED) is 0.643. The number of nitrogens with zero attached hydrogens (tertiary/aromatic N) is 2. The summed E-state index contributed by atoms with van der Waals surface area (Å²) in [6.45, 7) is 0.159. The number of halogens is 1. The Morgan fingerprint density at radius 1 is 1.63 bits per heavy atom. The van der Waals surface area contributed by atoms with E-state index in [1.807, 2.05) is 10.8 Å². The van der Waals surface area contributed by atoms with Crippen LogP contribution >= 0.6 is 27.3 Å². The molecule has 0 fully saturated rings. The van der Waals surface area contributed by atoms with Gasteiger partial charge in [0.15, 0.2) is 0 Å². The van der Waals surface area contributed by atoms with E-state index in [1.54, 1.807) is 6.07 Å². The van der Waals surface area contributed by atoms with Crippen LogP contribution in [0.5, 0.6) is 0 Å². The zero-order chi connectivity index (χ0) is 13.8. The maximum absolute atomic E-state index is 10.9. The van der Waals surface area contributed by atoms with E-state index < -0.39 is 11.0 Å². The average Bonchev–Trinajstić information content (AvgIpc) is 2.90. The second-order valence-corrected chi connectivity index (χ2v) is 5.43. The molecule has 2 N–H and O–H groups in total. The third-order valence-electron chi connectivity index (χ3n) is 2.42. The highest BCUT2D eigenvalue weighted by molar-refractivity contribution is 9.10. The van der Waals surface area contributed by atoms with Crippen LogP contribution < -0.4 is 5.32 Å². The second-order valence-electron chi connectivity index (χ2n) is 3.73. The van der Waals surface area contributed by atoms with Crippen LogP contribution in [0.4, 0.5) is 11.5 Å². The van der Waals surface area contributed by atoms with E-state index in [4.69, 9.17) is 0 Å². The van der Waals surface area contributed by atoms with Gasteiger partial charge in [-0.1, -0.05) is 0 Å². The van der Waals surface area contributed by atoms with Gasteiger partial charge >= 0.3 is 5.69 Å². The number of rotatable bonds is 5. The molecule has 0 aliphatic heterocycles. The molecule has 0 saturated carbocycles. The van der Waals surface area contributed by atoms with Crippen molar-refractivity contribution in [1.29, 1.82) is 0 Å². The molecule has 1 atom stereocenters. The van der Waals surface area contributed by atoms with Gasteiger partial charge in [-0.15, -0.1) is 0 Å². The minimum Gasteiger partial charge on any atom is -0.387 e. The molecule has 2 heterocycles. The molecule has 0 aromatic carbocycles. The Kier molecular flexibility index (Phi) is 4.46. The second kappa shape index (κ2) is 6.09. The monoisotopic (exact) mass is 343 g/mol. The summed E-state index contributed by atoms with van der Waals surface area (Å²) in [5.41, 5.74) is 0.643. The molecule has 19 heavy (non-hydrogen) atoms. The first-order valence-electron chi connectivity index (χ1n) is 5.32. The normalized spacial score (nSPS) is 12.1. The Bertz CT molecular complexity index is 577. The molecule has 0 bridgehead atoms. The van der Waals surface area contributed by atoms with E-state index >= 15 is 0 Å². The third kappa shape index (κ3) is 3.49. The van der Waals surface area contributed by atoms with Gasteiger partial charge in [0.2, 0.25) is 5.82 Å². The van der Waals surface area contributed by atoms with E-state index in [9.17, 15) is 15.2 Å². The first-order chi connectivity index (χ1) is 9.08. The standard InChI is InChI=1S/C11H10BrN3O3S/c12-8-3-9(15(17)18)11(13-4-8)14-5-10(16)7-1-2-19-6-7/h1-4,6,10,16H,5H2,(H,13,14). The van der Waals surface area contributed by atoms with Crippen molar-refractivity contribution in [3.05, 3.63) is 49.2 Å². The van der Waals surface area contributed by atoms with Gasteiger partial charge in [0, 0.05) is 23.3 Å². The van der Waals surface area contributed by atoms with E-state index in [0.29, 0.717) is 4.47 Å². The van der Waals surface area contributed by atoms with Crippen LogP contribution in [-0.4, -0.2) is 21.6 Å². The molecule has 0 radical (unpaired) electrons. The lowest BCUT2D eigenvalue weighted by Gasteiger charge is -2.11. The molecule has 8 heteroatoms. The van der Waals surface area contributed by atoms with Gasteiger partial charge in [-0.25, -0.2) is 4.98 Å². The fourth-order valence-electron chi connectivity index (χ4n) is 1.48. The predicted octanol–water partition coefficient (Wildman–Crippen LogP) is 2.96. The lowest BCUT2D eigenvalue weighted by atomic mass is 10.2. The Hall–Kier alpha value is -1.51. The predicted molar refractivity (Wildman–Crippen MR) is 76.4 cm³/mol. The van der Waals surface area contributed by atoms with Gasteiger partial charge in [0.05, 0.1) is 11.0 Å². The minimum atomic E-state index is -0.726. The van der Waals surface area contributed by atoms with E-state index in [-0.39, 0.29) is 18.1 Å². The molecule has 0 aliphatic carbocycles. The van der Waals surface area contributed by atoms with Crippen molar-refractivity contribution in [3.8, 4) is 0 Å². The van der Waals surface area contributed by atoms with Crippen molar-refractivity contribution in [2.75, 3.05) is 11.9 Å². The summed E-state index contributed by atoms with van der Waals surface area (Å²) < 4.78 is 0.531. The van der Waals surface area contributed by atoms with Crippen LogP contribution in [0, 0.1) is 10.1 Å². The number of nitrogens with one attached hydrogen (secondary N) is 1. The Balaban J connectivity index is 2.09. The smallest absolute Gasteiger partial charge is 0.312 e. The van der Waals surface area contributed by atoms with Crippen LogP contribution in [0.25, 0.3) is 0 Å². The van der Waals surface area contributed by atoms with Crippen LogP contribution in [0.15, 0.2) is 33.6 Å². The van der Waals surface area contributed by atoms with Gasteiger partial charge in [0.25, 0.3) is 0 Å². The van der Waals surface area contributed by atoms with Crippen LogP contribution in [-0.2, 0) is 0 Å². The van der Waals surface area contributed by atoms with E-state index in [2.05, 4.69) is 26.2 Å². The molecule has 2 rings (SSSR count). The van der Waals surface area contributed by atoms with Gasteiger partial charge in [-0.05, 0) is 38.3 Å². The molecule has 2 aromatic rings. The van der Waals surface area contributed by atoms with Crippen molar-refractivity contribution >= 4 is 38.8 Å². The van der Waals surface area contributed by atoms with Gasteiger partial charge in [-0.3, -0.25) is 10.1 Å². The summed E-state index contributed by atoms with van der Waals surface area (Å²) >= 11 is 4.62. The Morgan fingerprint density at radius 2 is 2.42 bits per heavy atom. The highest BCUT2D eigenvalue weighted by Crippen LogP contribution is 2.26. The van der Waals surface area contributed by atoms with Crippen molar-refractivity contribution < 1.29 is 10.0 Å². The third-order valence-corrected chi connectivity index (χ3v) is 3.56. The summed E-state index contributed by atoms with van der Waals surface area (Å²) in [7, 11) is 0. The number of pyridine rings is 1. The molecule has 100 valence electrons. The number of aromatic nitrogens is 1. The highest BCUT2D eigenvalue weighted by atomic mass is 79.9. The fraction of sp³-hybridized carbons (Fsp3) is 0.182. The lowest BCUT2D eigenvalue weighted by molar-refractivity contribution is -0.384. The largest absolute Gasteiger partial charge is 0.387 e.